The first-order chi connectivity index (χ1) is 11.0. The fourth-order valence-corrected chi connectivity index (χ4v) is 2.89. The number of fused-ring (bicyclic) bond motifs is 1. The quantitative estimate of drug-likeness (QED) is 0.666. The molecule has 2 N–H and O–H groups in total. The van der Waals surface area contributed by atoms with Gasteiger partial charge in [0.25, 0.3) is 11.6 Å². The number of nitro benzene ring substituents is 1. The van der Waals surface area contributed by atoms with Crippen molar-refractivity contribution in [2.24, 2.45) is 0 Å². The molecule has 0 atom stereocenters. The standard InChI is InChI=1S/C15H11N3O4S/c19-14-8-23-13-6-3-10(7-12(13)17-14)16-15(20)9-1-4-11(5-2-9)18(21)22/h1-7H,8H2,(H,16,20)(H,17,19). The minimum absolute atomic E-state index is 0.0740. The molecule has 2 aromatic rings. The zero-order chi connectivity index (χ0) is 16.4. The fraction of sp³-hybridized carbons (Fsp3) is 0.0667. The molecule has 0 saturated carbocycles. The van der Waals surface area contributed by atoms with Crippen LogP contribution in [-0.2, 0) is 4.79 Å². The molecule has 1 heterocycles. The van der Waals surface area contributed by atoms with E-state index >= 15 is 0 Å². The van der Waals surface area contributed by atoms with E-state index in [9.17, 15) is 19.7 Å². The van der Waals surface area contributed by atoms with E-state index < -0.39 is 4.92 Å². The second-order valence-electron chi connectivity index (χ2n) is 4.81. The Morgan fingerprint density at radius 1 is 1.22 bits per heavy atom. The fourth-order valence-electron chi connectivity index (χ4n) is 2.10. The second-order valence-corrected chi connectivity index (χ2v) is 5.82. The van der Waals surface area contributed by atoms with Crippen LogP contribution in [0.25, 0.3) is 0 Å². The Morgan fingerprint density at radius 3 is 2.65 bits per heavy atom. The van der Waals surface area contributed by atoms with Crippen LogP contribution in [0.2, 0.25) is 0 Å². The molecule has 0 fully saturated rings. The lowest BCUT2D eigenvalue weighted by Crippen LogP contribution is -2.19. The van der Waals surface area contributed by atoms with E-state index in [0.29, 0.717) is 22.7 Å². The average Bonchev–Trinajstić information content (AvgIpc) is 2.54. The molecule has 0 unspecified atom stereocenters. The Labute approximate surface area is 135 Å². The monoisotopic (exact) mass is 329 g/mol. The number of nitrogens with one attached hydrogen (secondary N) is 2. The Balaban J connectivity index is 1.76. The molecule has 8 heteroatoms. The number of hydrogen-bond donors (Lipinski definition) is 2. The Kier molecular flexibility index (Phi) is 3.98. The number of carbonyl (C=O) groups is 2. The van der Waals surface area contributed by atoms with Gasteiger partial charge in [-0.05, 0) is 30.3 Å². The van der Waals surface area contributed by atoms with Crippen molar-refractivity contribution in [3.63, 3.8) is 0 Å². The summed E-state index contributed by atoms with van der Waals surface area (Å²) >= 11 is 1.44. The van der Waals surface area contributed by atoms with E-state index in [1.807, 2.05) is 6.07 Å². The minimum Gasteiger partial charge on any atom is -0.324 e. The highest BCUT2D eigenvalue weighted by atomic mass is 32.2. The third kappa shape index (κ3) is 3.32. The summed E-state index contributed by atoms with van der Waals surface area (Å²) in [5.74, 6) is -0.0856. The topological polar surface area (TPSA) is 101 Å². The van der Waals surface area contributed by atoms with Crippen LogP contribution in [0.1, 0.15) is 10.4 Å². The van der Waals surface area contributed by atoms with Crippen molar-refractivity contribution in [2.45, 2.75) is 4.90 Å². The van der Waals surface area contributed by atoms with Gasteiger partial charge in [-0.3, -0.25) is 19.7 Å². The molecule has 23 heavy (non-hydrogen) atoms. The van der Waals surface area contributed by atoms with E-state index in [0.717, 1.165) is 4.90 Å². The normalized spacial score (nSPS) is 13.0. The Bertz CT molecular complexity index is 805. The molecule has 1 aliphatic heterocycles. The van der Waals surface area contributed by atoms with Gasteiger partial charge in [0.15, 0.2) is 0 Å². The van der Waals surface area contributed by atoms with Crippen LogP contribution in [0.15, 0.2) is 47.4 Å². The predicted molar refractivity (Wildman–Crippen MR) is 86.8 cm³/mol. The summed E-state index contributed by atoms with van der Waals surface area (Å²) in [6.07, 6.45) is 0. The van der Waals surface area contributed by atoms with E-state index in [1.165, 1.54) is 36.0 Å². The molecule has 0 radical (unpaired) electrons. The lowest BCUT2D eigenvalue weighted by atomic mass is 10.2. The van der Waals surface area contributed by atoms with Gasteiger partial charge in [0.2, 0.25) is 5.91 Å². The number of nitrogens with zero attached hydrogens (tertiary/aromatic N) is 1. The van der Waals surface area contributed by atoms with Gasteiger partial charge in [0.1, 0.15) is 0 Å². The maximum atomic E-state index is 12.2. The number of nitro groups is 1. The molecule has 0 saturated heterocycles. The first-order valence-electron chi connectivity index (χ1n) is 6.65. The third-order valence-electron chi connectivity index (χ3n) is 3.21. The van der Waals surface area contributed by atoms with Crippen LogP contribution < -0.4 is 10.6 Å². The molecule has 0 aliphatic carbocycles. The molecule has 116 valence electrons. The lowest BCUT2D eigenvalue weighted by Gasteiger charge is -2.17. The van der Waals surface area contributed by atoms with Crippen molar-refractivity contribution in [1.29, 1.82) is 0 Å². The zero-order valence-corrected chi connectivity index (χ0v) is 12.6. The summed E-state index contributed by atoms with van der Waals surface area (Å²) in [5, 5.41) is 16.1. The molecule has 1 aliphatic rings. The third-order valence-corrected chi connectivity index (χ3v) is 4.28. The highest BCUT2D eigenvalue weighted by Gasteiger charge is 2.16. The first kappa shape index (κ1) is 15.0. The summed E-state index contributed by atoms with van der Waals surface area (Å²) in [6, 6.07) is 10.6. The molecular weight excluding hydrogens is 318 g/mol. The van der Waals surface area contributed by atoms with Crippen molar-refractivity contribution in [3.05, 3.63) is 58.1 Å². The summed E-state index contributed by atoms with van der Waals surface area (Å²) in [7, 11) is 0. The van der Waals surface area contributed by atoms with Gasteiger partial charge in [-0.1, -0.05) is 0 Å². The van der Waals surface area contributed by atoms with Crippen LogP contribution >= 0.6 is 11.8 Å². The molecule has 2 aromatic carbocycles. The van der Waals surface area contributed by atoms with Gasteiger partial charge in [0, 0.05) is 28.3 Å². The van der Waals surface area contributed by atoms with Crippen LogP contribution in [0.5, 0.6) is 0 Å². The maximum Gasteiger partial charge on any atom is 0.269 e. The van der Waals surface area contributed by atoms with Crippen molar-refractivity contribution >= 4 is 40.6 Å². The van der Waals surface area contributed by atoms with Crippen molar-refractivity contribution in [2.75, 3.05) is 16.4 Å². The molecular formula is C15H11N3O4S. The predicted octanol–water partition coefficient (Wildman–Crippen LogP) is 2.89. The maximum absolute atomic E-state index is 12.2. The van der Waals surface area contributed by atoms with E-state index in [4.69, 9.17) is 0 Å². The highest BCUT2D eigenvalue weighted by molar-refractivity contribution is 8.00. The van der Waals surface area contributed by atoms with Crippen LogP contribution in [0.4, 0.5) is 17.1 Å². The van der Waals surface area contributed by atoms with Crippen LogP contribution in [0.3, 0.4) is 0 Å². The smallest absolute Gasteiger partial charge is 0.269 e. The van der Waals surface area contributed by atoms with Crippen molar-refractivity contribution in [1.82, 2.24) is 0 Å². The first-order valence-corrected chi connectivity index (χ1v) is 7.64. The average molecular weight is 329 g/mol. The van der Waals surface area contributed by atoms with Gasteiger partial charge >= 0.3 is 0 Å². The number of benzene rings is 2. The van der Waals surface area contributed by atoms with Gasteiger partial charge < -0.3 is 10.6 Å². The number of thioether (sulfide) groups is 1. The largest absolute Gasteiger partial charge is 0.324 e. The molecule has 0 spiro atoms. The van der Waals surface area contributed by atoms with Gasteiger partial charge in [-0.2, -0.15) is 0 Å². The molecule has 2 amide bonds. The number of anilines is 2. The summed E-state index contributed by atoms with van der Waals surface area (Å²) in [4.78, 5) is 34.6. The van der Waals surface area contributed by atoms with E-state index in [1.54, 1.807) is 12.1 Å². The van der Waals surface area contributed by atoms with Crippen molar-refractivity contribution in [3.8, 4) is 0 Å². The highest BCUT2D eigenvalue weighted by Crippen LogP contribution is 2.33. The second kappa shape index (κ2) is 6.09. The number of rotatable bonds is 3. The summed E-state index contributed by atoms with van der Waals surface area (Å²) in [5.41, 5.74) is 1.43. The molecule has 7 nitrogen and oxygen atoms in total. The SMILES string of the molecule is O=C1CSc2ccc(NC(=O)c3ccc([N+](=O)[O-])cc3)cc2N1. The van der Waals surface area contributed by atoms with Crippen LogP contribution in [0, 0.1) is 10.1 Å². The van der Waals surface area contributed by atoms with Gasteiger partial charge in [-0.25, -0.2) is 0 Å². The van der Waals surface area contributed by atoms with E-state index in [2.05, 4.69) is 10.6 Å². The number of amides is 2. The van der Waals surface area contributed by atoms with E-state index in [-0.39, 0.29) is 17.5 Å². The Morgan fingerprint density at radius 2 is 1.96 bits per heavy atom. The number of non-ortho nitro benzene ring substituents is 1. The van der Waals surface area contributed by atoms with Crippen molar-refractivity contribution < 1.29 is 14.5 Å². The summed E-state index contributed by atoms with van der Waals surface area (Å²) < 4.78 is 0. The van der Waals surface area contributed by atoms with Gasteiger partial charge in [-0.15, -0.1) is 11.8 Å². The Hall–Kier alpha value is -2.87. The molecule has 0 bridgehead atoms. The van der Waals surface area contributed by atoms with Crippen LogP contribution in [-0.4, -0.2) is 22.5 Å². The molecule has 0 aromatic heterocycles. The summed E-state index contributed by atoms with van der Waals surface area (Å²) in [6.45, 7) is 0. The number of carbonyl (C=O) groups excluding carboxylic acids is 2. The lowest BCUT2D eigenvalue weighted by molar-refractivity contribution is -0.384. The molecule has 3 rings (SSSR count). The minimum atomic E-state index is -0.522. The number of hydrogen-bond acceptors (Lipinski definition) is 5. The van der Waals surface area contributed by atoms with Gasteiger partial charge in [0.05, 0.1) is 16.4 Å². The zero-order valence-electron chi connectivity index (χ0n) is 11.7.